The Balaban J connectivity index is 1.67. The molecule has 0 saturated carbocycles. The van der Waals surface area contributed by atoms with Gasteiger partial charge in [0.2, 0.25) is 0 Å². The number of pyridine rings is 1. The molecule has 0 aliphatic carbocycles. The van der Waals surface area contributed by atoms with Crippen LogP contribution in [0.4, 0.5) is 0 Å². The molecule has 0 aliphatic rings. The summed E-state index contributed by atoms with van der Waals surface area (Å²) in [6.45, 7) is 4.66. The number of benzene rings is 2. The summed E-state index contributed by atoms with van der Waals surface area (Å²) in [7, 11) is 0. The first-order valence-electron chi connectivity index (χ1n) is 9.08. The molecule has 0 unspecified atom stereocenters. The highest BCUT2D eigenvalue weighted by molar-refractivity contribution is 6.32. The van der Waals surface area contributed by atoms with Crippen LogP contribution in [0.2, 0.25) is 5.02 Å². The molecule has 140 valence electrons. The molecule has 0 fully saturated rings. The average molecular weight is 384 g/mol. The Kier molecular flexibility index (Phi) is 7.08. The van der Waals surface area contributed by atoms with E-state index in [0.29, 0.717) is 29.7 Å². The van der Waals surface area contributed by atoms with Crippen LogP contribution in [0.25, 0.3) is 0 Å². The third-order valence-electron chi connectivity index (χ3n) is 4.10. The minimum Gasteiger partial charge on any atom is -0.490 e. The molecule has 3 aromatic rings. The smallest absolute Gasteiger partial charge is 0.180 e. The van der Waals surface area contributed by atoms with Crippen molar-refractivity contribution < 1.29 is 14.8 Å². The van der Waals surface area contributed by atoms with Crippen LogP contribution < -0.4 is 14.8 Å². The Morgan fingerprint density at radius 3 is 2.37 bits per heavy atom. The van der Waals surface area contributed by atoms with E-state index in [1.165, 1.54) is 5.56 Å². The fourth-order valence-electron chi connectivity index (χ4n) is 2.80. The van der Waals surface area contributed by atoms with Gasteiger partial charge in [-0.25, -0.2) is 0 Å². The quantitative estimate of drug-likeness (QED) is 0.608. The zero-order valence-electron chi connectivity index (χ0n) is 15.4. The van der Waals surface area contributed by atoms with Crippen molar-refractivity contribution in [3.8, 4) is 11.5 Å². The van der Waals surface area contributed by atoms with Crippen molar-refractivity contribution in [1.29, 1.82) is 0 Å². The summed E-state index contributed by atoms with van der Waals surface area (Å²) in [6.07, 6.45) is 3.62. The SMILES string of the molecule is CCOc1cc(C[NH2+]Cc2ccncc2)cc(Cl)c1OCc1ccccc1. The standard InChI is InChI=1S/C22H23ClN2O2/c1-2-26-21-13-19(15-25-14-17-8-10-24-11-9-17)12-20(23)22(21)27-16-18-6-4-3-5-7-18/h3-13,25H,2,14-16H2,1H3/p+1. The molecular formula is C22H24ClN2O2+. The van der Waals surface area contributed by atoms with Gasteiger partial charge in [0.15, 0.2) is 11.5 Å². The molecule has 0 spiro atoms. The molecular weight excluding hydrogens is 360 g/mol. The Labute approximate surface area is 165 Å². The number of hydrogen-bond acceptors (Lipinski definition) is 3. The number of hydrogen-bond donors (Lipinski definition) is 1. The minimum atomic E-state index is 0.453. The summed E-state index contributed by atoms with van der Waals surface area (Å²) in [5.41, 5.74) is 3.43. The Hall–Kier alpha value is -2.56. The molecule has 0 bridgehead atoms. The molecule has 0 saturated heterocycles. The van der Waals surface area contributed by atoms with Crippen molar-refractivity contribution in [2.45, 2.75) is 26.6 Å². The zero-order valence-corrected chi connectivity index (χ0v) is 16.2. The van der Waals surface area contributed by atoms with Crippen molar-refractivity contribution in [3.63, 3.8) is 0 Å². The third-order valence-corrected chi connectivity index (χ3v) is 4.39. The maximum Gasteiger partial charge on any atom is 0.180 e. The van der Waals surface area contributed by atoms with Gasteiger partial charge in [-0.2, -0.15) is 0 Å². The Bertz CT molecular complexity index is 842. The van der Waals surface area contributed by atoms with Crippen LogP contribution in [0.5, 0.6) is 11.5 Å². The number of ether oxygens (including phenoxy) is 2. The van der Waals surface area contributed by atoms with E-state index in [1.807, 2.05) is 73.9 Å². The van der Waals surface area contributed by atoms with Crippen LogP contribution in [0.1, 0.15) is 23.6 Å². The van der Waals surface area contributed by atoms with Gasteiger partial charge in [-0.1, -0.05) is 41.9 Å². The molecule has 0 radical (unpaired) electrons. The first-order chi connectivity index (χ1) is 13.3. The van der Waals surface area contributed by atoms with E-state index in [0.717, 1.165) is 24.2 Å². The summed E-state index contributed by atoms with van der Waals surface area (Å²) in [5, 5.41) is 2.80. The van der Waals surface area contributed by atoms with E-state index in [2.05, 4.69) is 10.3 Å². The number of quaternary nitrogens is 1. The lowest BCUT2D eigenvalue weighted by atomic mass is 10.2. The Morgan fingerprint density at radius 2 is 1.63 bits per heavy atom. The van der Waals surface area contributed by atoms with Crippen LogP contribution in [0.15, 0.2) is 67.0 Å². The molecule has 1 heterocycles. The first-order valence-corrected chi connectivity index (χ1v) is 9.46. The topological polar surface area (TPSA) is 48.0 Å². The molecule has 5 heteroatoms. The van der Waals surface area contributed by atoms with Gasteiger partial charge in [-0.05, 0) is 36.8 Å². The number of rotatable bonds is 9. The van der Waals surface area contributed by atoms with E-state index in [9.17, 15) is 0 Å². The second-order valence-corrected chi connectivity index (χ2v) is 6.57. The number of nitrogens with zero attached hydrogens (tertiary/aromatic N) is 1. The van der Waals surface area contributed by atoms with Crippen LogP contribution in [0, 0.1) is 0 Å². The lowest BCUT2D eigenvalue weighted by Gasteiger charge is -2.15. The molecule has 0 amide bonds. The average Bonchev–Trinajstić information content (AvgIpc) is 2.69. The summed E-state index contributed by atoms with van der Waals surface area (Å²) in [4.78, 5) is 4.04. The normalized spacial score (nSPS) is 10.6. The van der Waals surface area contributed by atoms with E-state index >= 15 is 0 Å². The maximum atomic E-state index is 6.51. The highest BCUT2D eigenvalue weighted by Gasteiger charge is 2.14. The molecule has 27 heavy (non-hydrogen) atoms. The van der Waals surface area contributed by atoms with Crippen molar-refractivity contribution in [2.75, 3.05) is 6.61 Å². The molecule has 2 N–H and O–H groups in total. The molecule has 4 nitrogen and oxygen atoms in total. The second kappa shape index (κ2) is 9.95. The van der Waals surface area contributed by atoms with Gasteiger partial charge in [-0.3, -0.25) is 4.98 Å². The number of aromatic nitrogens is 1. The van der Waals surface area contributed by atoms with E-state index in [1.54, 1.807) is 0 Å². The van der Waals surface area contributed by atoms with Crippen LogP contribution in [-0.4, -0.2) is 11.6 Å². The summed E-state index contributed by atoms with van der Waals surface area (Å²) < 4.78 is 11.7. The monoisotopic (exact) mass is 383 g/mol. The summed E-state index contributed by atoms with van der Waals surface area (Å²) in [5.74, 6) is 1.29. The van der Waals surface area contributed by atoms with Gasteiger partial charge in [0.25, 0.3) is 0 Å². The van der Waals surface area contributed by atoms with E-state index in [4.69, 9.17) is 21.1 Å². The van der Waals surface area contributed by atoms with Crippen LogP contribution in [0.3, 0.4) is 0 Å². The minimum absolute atomic E-state index is 0.453. The van der Waals surface area contributed by atoms with E-state index in [-0.39, 0.29) is 0 Å². The third kappa shape index (κ3) is 5.71. The van der Waals surface area contributed by atoms with Gasteiger partial charge in [-0.15, -0.1) is 0 Å². The second-order valence-electron chi connectivity index (χ2n) is 6.16. The van der Waals surface area contributed by atoms with Gasteiger partial charge < -0.3 is 14.8 Å². The highest BCUT2D eigenvalue weighted by atomic mass is 35.5. The van der Waals surface area contributed by atoms with Gasteiger partial charge in [0.05, 0.1) is 11.6 Å². The summed E-state index contributed by atoms with van der Waals surface area (Å²) >= 11 is 6.51. The Morgan fingerprint density at radius 1 is 0.889 bits per heavy atom. The largest absolute Gasteiger partial charge is 0.490 e. The predicted octanol–water partition coefficient (Wildman–Crippen LogP) is 3.98. The zero-order chi connectivity index (χ0) is 18.9. The first kappa shape index (κ1) is 19.2. The van der Waals surface area contributed by atoms with Crippen molar-refractivity contribution in [2.24, 2.45) is 0 Å². The predicted molar refractivity (Wildman–Crippen MR) is 107 cm³/mol. The van der Waals surface area contributed by atoms with Crippen molar-refractivity contribution in [3.05, 3.63) is 88.7 Å². The highest BCUT2D eigenvalue weighted by Crippen LogP contribution is 2.37. The van der Waals surface area contributed by atoms with E-state index < -0.39 is 0 Å². The molecule has 0 atom stereocenters. The number of nitrogens with two attached hydrogens (primary N) is 1. The maximum absolute atomic E-state index is 6.51. The molecule has 2 aromatic carbocycles. The van der Waals surface area contributed by atoms with Gasteiger partial charge in [0, 0.05) is 23.5 Å². The van der Waals surface area contributed by atoms with Gasteiger partial charge >= 0.3 is 0 Å². The fourth-order valence-corrected chi connectivity index (χ4v) is 3.08. The van der Waals surface area contributed by atoms with Crippen LogP contribution in [-0.2, 0) is 19.7 Å². The van der Waals surface area contributed by atoms with Crippen molar-refractivity contribution in [1.82, 2.24) is 4.98 Å². The van der Waals surface area contributed by atoms with Crippen molar-refractivity contribution >= 4 is 11.6 Å². The molecule has 1 aromatic heterocycles. The summed E-state index contributed by atoms with van der Waals surface area (Å²) in [6, 6.07) is 18.0. The fraction of sp³-hybridized carbons (Fsp3) is 0.227. The van der Waals surface area contributed by atoms with Gasteiger partial charge in [0.1, 0.15) is 19.7 Å². The molecule has 0 aliphatic heterocycles. The van der Waals surface area contributed by atoms with Crippen LogP contribution >= 0.6 is 11.6 Å². The molecule has 3 rings (SSSR count). The lowest BCUT2D eigenvalue weighted by Crippen LogP contribution is -2.80. The number of halogens is 1. The lowest BCUT2D eigenvalue weighted by molar-refractivity contribution is -0.686.